The fourth-order valence-corrected chi connectivity index (χ4v) is 1.75. The molecular weight excluding hydrogens is 158 g/mol. The molecule has 1 rings (SSSR count). The first-order valence-electron chi connectivity index (χ1n) is 2.63. The fourth-order valence-electron chi connectivity index (χ4n) is 0.677. The van der Waals surface area contributed by atoms with Crippen LogP contribution in [0.4, 0.5) is 0 Å². The summed E-state index contributed by atoms with van der Waals surface area (Å²) >= 11 is 0. The Hall–Kier alpha value is -0.620. The molecule has 1 saturated heterocycles. The van der Waals surface area contributed by atoms with Crippen LogP contribution in [0.25, 0.3) is 0 Å². The molecule has 1 fully saturated rings. The minimum absolute atomic E-state index is 0.153. The van der Waals surface area contributed by atoms with Gasteiger partial charge in [0, 0.05) is 0 Å². The van der Waals surface area contributed by atoms with Crippen LogP contribution in [0.5, 0.6) is 0 Å². The molecule has 0 radical (unpaired) electrons. The molecule has 1 atom stereocenters. The number of esters is 1. The molecule has 1 aliphatic heterocycles. The second-order valence-electron chi connectivity index (χ2n) is 1.98. The maximum Gasteiger partial charge on any atom is 0.325 e. The molecular formula is C4H7NO4S. The van der Waals surface area contributed by atoms with Gasteiger partial charge in [0.15, 0.2) is 0 Å². The maximum absolute atomic E-state index is 10.5. The van der Waals surface area contributed by atoms with E-state index in [0.29, 0.717) is 0 Å². The number of carbonyl (C=O) groups excluding carboxylic acids is 1. The van der Waals surface area contributed by atoms with Crippen molar-refractivity contribution in [2.24, 2.45) is 0 Å². The third kappa shape index (κ3) is 1.27. The average molecular weight is 165 g/mol. The van der Waals surface area contributed by atoms with E-state index < -0.39 is 22.0 Å². The molecule has 6 heteroatoms. The number of sulfonamides is 1. The minimum atomic E-state index is -3.14. The largest absolute Gasteiger partial charge is 0.468 e. The first-order chi connectivity index (χ1) is 4.55. The number of nitrogens with one attached hydrogen (secondary N) is 1. The predicted molar refractivity (Wildman–Crippen MR) is 32.7 cm³/mol. The number of hydrogen-bond donors (Lipinski definition) is 1. The second-order valence-corrected chi connectivity index (χ2v) is 3.77. The lowest BCUT2D eigenvalue weighted by Crippen LogP contribution is -2.57. The van der Waals surface area contributed by atoms with Crippen LogP contribution >= 0.6 is 0 Å². The predicted octanol–water partition coefficient (Wildman–Crippen LogP) is -1.54. The minimum Gasteiger partial charge on any atom is -0.468 e. The number of carbonyl (C=O) groups is 1. The third-order valence-corrected chi connectivity index (χ3v) is 2.61. The fraction of sp³-hybridized carbons (Fsp3) is 0.750. The van der Waals surface area contributed by atoms with Crippen LogP contribution in [0, 0.1) is 0 Å². The number of hydrogen-bond acceptors (Lipinski definition) is 4. The summed E-state index contributed by atoms with van der Waals surface area (Å²) in [5.74, 6) is -0.686. The quantitative estimate of drug-likeness (QED) is 0.478. The van der Waals surface area contributed by atoms with E-state index in [1.54, 1.807) is 0 Å². The standard InChI is InChI=1S/C4H7NO4S/c1-9-4(6)3-2-10(7,8)5-3/h3,5H,2H2,1H3. The molecule has 10 heavy (non-hydrogen) atoms. The van der Waals surface area contributed by atoms with Gasteiger partial charge in [-0.15, -0.1) is 0 Å². The summed E-state index contributed by atoms with van der Waals surface area (Å²) in [7, 11) is -1.92. The molecule has 1 heterocycles. The Morgan fingerprint density at radius 3 is 2.50 bits per heavy atom. The summed E-state index contributed by atoms with van der Waals surface area (Å²) in [5, 5.41) is 0. The van der Waals surface area contributed by atoms with E-state index in [1.807, 2.05) is 0 Å². The first-order valence-corrected chi connectivity index (χ1v) is 4.28. The van der Waals surface area contributed by atoms with Crippen LogP contribution in [0.2, 0.25) is 0 Å². The summed E-state index contributed by atoms with van der Waals surface area (Å²) in [4.78, 5) is 10.5. The highest BCUT2D eigenvalue weighted by Crippen LogP contribution is 2.05. The highest BCUT2D eigenvalue weighted by molar-refractivity contribution is 7.91. The Morgan fingerprint density at radius 1 is 1.70 bits per heavy atom. The lowest BCUT2D eigenvalue weighted by atomic mass is 10.4. The normalized spacial score (nSPS) is 28.7. The molecule has 5 nitrogen and oxygen atoms in total. The van der Waals surface area contributed by atoms with E-state index in [9.17, 15) is 13.2 Å². The van der Waals surface area contributed by atoms with Gasteiger partial charge >= 0.3 is 5.97 Å². The molecule has 0 bridgehead atoms. The van der Waals surface area contributed by atoms with Crippen molar-refractivity contribution in [3.8, 4) is 0 Å². The lowest BCUT2D eigenvalue weighted by Gasteiger charge is -2.24. The SMILES string of the molecule is COC(=O)C1CS(=O)(=O)N1. The van der Waals surface area contributed by atoms with Crippen LogP contribution in [0.15, 0.2) is 0 Å². The third-order valence-electron chi connectivity index (χ3n) is 1.19. The summed E-state index contributed by atoms with van der Waals surface area (Å²) in [6.07, 6.45) is 0. The van der Waals surface area contributed by atoms with Crippen LogP contribution < -0.4 is 4.72 Å². The molecule has 58 valence electrons. The summed E-state index contributed by atoms with van der Waals surface area (Å²) in [6, 6.07) is -0.657. The molecule has 0 aromatic heterocycles. The van der Waals surface area contributed by atoms with Crippen molar-refractivity contribution in [3.05, 3.63) is 0 Å². The zero-order valence-electron chi connectivity index (χ0n) is 5.33. The van der Waals surface area contributed by atoms with Gasteiger partial charge < -0.3 is 4.74 Å². The van der Waals surface area contributed by atoms with Crippen molar-refractivity contribution in [2.45, 2.75) is 6.04 Å². The van der Waals surface area contributed by atoms with Crippen LogP contribution in [-0.2, 0) is 19.6 Å². The Bertz CT molecular complexity index is 232. The van der Waals surface area contributed by atoms with Gasteiger partial charge in [-0.1, -0.05) is 0 Å². The lowest BCUT2D eigenvalue weighted by molar-refractivity contribution is -0.142. The van der Waals surface area contributed by atoms with Crippen molar-refractivity contribution in [1.82, 2.24) is 4.72 Å². The van der Waals surface area contributed by atoms with Gasteiger partial charge in [-0.3, -0.25) is 4.79 Å². The van der Waals surface area contributed by atoms with Gasteiger partial charge in [0.1, 0.15) is 6.04 Å². The molecule has 0 saturated carbocycles. The van der Waals surface area contributed by atoms with Crippen molar-refractivity contribution in [1.29, 1.82) is 0 Å². The molecule has 0 amide bonds. The second kappa shape index (κ2) is 2.21. The molecule has 0 spiro atoms. The van der Waals surface area contributed by atoms with E-state index >= 15 is 0 Å². The van der Waals surface area contributed by atoms with Crippen LogP contribution in [-0.4, -0.2) is 33.3 Å². The number of ether oxygens (including phenoxy) is 1. The molecule has 1 aliphatic rings. The summed E-state index contributed by atoms with van der Waals surface area (Å²) < 4.78 is 27.1. The van der Waals surface area contributed by atoms with E-state index in [-0.39, 0.29) is 5.75 Å². The Kier molecular flexibility index (Phi) is 1.65. The van der Waals surface area contributed by atoms with Gasteiger partial charge in [-0.2, -0.15) is 4.72 Å². The van der Waals surface area contributed by atoms with Gasteiger partial charge in [0.2, 0.25) is 10.0 Å². The molecule has 0 aromatic rings. The van der Waals surface area contributed by atoms with Crippen molar-refractivity contribution in [3.63, 3.8) is 0 Å². The maximum atomic E-state index is 10.5. The van der Waals surface area contributed by atoms with Gasteiger partial charge in [-0.05, 0) is 0 Å². The van der Waals surface area contributed by atoms with E-state index in [0.717, 1.165) is 0 Å². The number of rotatable bonds is 1. The molecule has 1 unspecified atom stereocenters. The molecule has 0 aliphatic carbocycles. The summed E-state index contributed by atoms with van der Waals surface area (Å²) in [5.41, 5.74) is 0. The average Bonchev–Trinajstić information content (AvgIpc) is 1.81. The highest BCUT2D eigenvalue weighted by Gasteiger charge is 2.38. The topological polar surface area (TPSA) is 72.5 Å². The number of methoxy groups -OCH3 is 1. The summed E-state index contributed by atoms with van der Waals surface area (Å²) in [6.45, 7) is 0. The van der Waals surface area contributed by atoms with Crippen LogP contribution in [0.1, 0.15) is 0 Å². The van der Waals surface area contributed by atoms with Crippen molar-refractivity contribution in [2.75, 3.05) is 12.9 Å². The highest BCUT2D eigenvalue weighted by atomic mass is 32.2. The Labute approximate surface area is 58.4 Å². The van der Waals surface area contributed by atoms with Crippen molar-refractivity contribution >= 4 is 16.0 Å². The Balaban J connectivity index is 2.48. The first kappa shape index (κ1) is 7.49. The molecule has 1 N–H and O–H groups in total. The zero-order chi connectivity index (χ0) is 7.78. The van der Waals surface area contributed by atoms with E-state index in [1.165, 1.54) is 7.11 Å². The van der Waals surface area contributed by atoms with Gasteiger partial charge in [0.05, 0.1) is 12.9 Å². The van der Waals surface area contributed by atoms with Gasteiger partial charge in [-0.25, -0.2) is 8.42 Å². The smallest absolute Gasteiger partial charge is 0.325 e. The zero-order valence-corrected chi connectivity index (χ0v) is 6.14. The van der Waals surface area contributed by atoms with E-state index in [2.05, 4.69) is 9.46 Å². The van der Waals surface area contributed by atoms with Crippen LogP contribution in [0.3, 0.4) is 0 Å². The monoisotopic (exact) mass is 165 g/mol. The molecule has 0 aromatic carbocycles. The van der Waals surface area contributed by atoms with Gasteiger partial charge in [0.25, 0.3) is 0 Å². The Morgan fingerprint density at radius 2 is 2.20 bits per heavy atom. The van der Waals surface area contributed by atoms with Crippen molar-refractivity contribution < 1.29 is 17.9 Å². The van der Waals surface area contributed by atoms with E-state index in [4.69, 9.17) is 0 Å².